The van der Waals surface area contributed by atoms with E-state index in [0.717, 1.165) is 11.3 Å². The first-order valence-corrected chi connectivity index (χ1v) is 5.50. The lowest BCUT2D eigenvalue weighted by molar-refractivity contribution is 0.563. The second kappa shape index (κ2) is 4.94. The Labute approximate surface area is 105 Å². The lowest BCUT2D eigenvalue weighted by Gasteiger charge is -2.19. The van der Waals surface area contributed by atoms with E-state index in [1.807, 2.05) is 24.1 Å². The molecule has 1 heterocycles. The lowest BCUT2D eigenvalue weighted by Crippen LogP contribution is -2.17. The normalized spacial score (nSPS) is 9.94. The Morgan fingerprint density at radius 2 is 2.24 bits per heavy atom. The van der Waals surface area contributed by atoms with Gasteiger partial charge in [-0.2, -0.15) is 5.26 Å². The van der Waals surface area contributed by atoms with E-state index < -0.39 is 0 Å². The van der Waals surface area contributed by atoms with E-state index in [-0.39, 0.29) is 0 Å². The van der Waals surface area contributed by atoms with E-state index in [9.17, 15) is 0 Å². The molecule has 0 bridgehead atoms. The van der Waals surface area contributed by atoms with Gasteiger partial charge in [0.15, 0.2) is 0 Å². The van der Waals surface area contributed by atoms with Gasteiger partial charge in [0.05, 0.1) is 23.8 Å². The molecule has 0 aliphatic rings. The Morgan fingerprint density at radius 1 is 1.41 bits per heavy atom. The smallest absolute Gasteiger partial charge is 0.101 e. The second-order valence-corrected chi connectivity index (χ2v) is 4.20. The molecule has 0 saturated carbocycles. The van der Waals surface area contributed by atoms with Crippen molar-refractivity contribution in [1.82, 2.24) is 0 Å². The molecule has 0 amide bonds. The fourth-order valence-electron chi connectivity index (χ4n) is 1.67. The van der Waals surface area contributed by atoms with Crippen LogP contribution >= 0.6 is 11.6 Å². The summed E-state index contributed by atoms with van der Waals surface area (Å²) in [5.41, 5.74) is 2.49. The third-order valence-corrected chi connectivity index (χ3v) is 2.73. The van der Waals surface area contributed by atoms with E-state index in [0.29, 0.717) is 17.1 Å². The number of furan rings is 1. The molecule has 1 aromatic carbocycles. The zero-order valence-corrected chi connectivity index (χ0v) is 10.1. The molecule has 0 unspecified atom stereocenters. The van der Waals surface area contributed by atoms with Crippen LogP contribution in [0.25, 0.3) is 0 Å². The summed E-state index contributed by atoms with van der Waals surface area (Å²) < 4.78 is 5.01. The van der Waals surface area contributed by atoms with Gasteiger partial charge in [0, 0.05) is 24.2 Å². The SMILES string of the molecule is CN(Cc1ccoc1)c1ccc(Cl)cc1C#N. The molecule has 0 radical (unpaired) electrons. The van der Waals surface area contributed by atoms with Crippen LogP contribution in [0.5, 0.6) is 0 Å². The van der Waals surface area contributed by atoms with Gasteiger partial charge >= 0.3 is 0 Å². The van der Waals surface area contributed by atoms with Gasteiger partial charge in [-0.05, 0) is 24.3 Å². The van der Waals surface area contributed by atoms with Crippen molar-refractivity contribution in [1.29, 1.82) is 5.26 Å². The van der Waals surface area contributed by atoms with Crippen LogP contribution in [0, 0.1) is 11.3 Å². The number of rotatable bonds is 3. The van der Waals surface area contributed by atoms with Gasteiger partial charge < -0.3 is 9.32 Å². The summed E-state index contributed by atoms with van der Waals surface area (Å²) in [4.78, 5) is 1.99. The fraction of sp³-hybridized carbons (Fsp3) is 0.154. The van der Waals surface area contributed by atoms with Crippen LogP contribution < -0.4 is 4.90 Å². The van der Waals surface area contributed by atoms with Crippen molar-refractivity contribution in [3.63, 3.8) is 0 Å². The monoisotopic (exact) mass is 246 g/mol. The number of halogens is 1. The number of anilines is 1. The maximum Gasteiger partial charge on any atom is 0.101 e. The summed E-state index contributed by atoms with van der Waals surface area (Å²) in [6.07, 6.45) is 3.33. The van der Waals surface area contributed by atoms with E-state index >= 15 is 0 Å². The van der Waals surface area contributed by atoms with Crippen LogP contribution in [0.2, 0.25) is 5.02 Å². The van der Waals surface area contributed by atoms with E-state index in [4.69, 9.17) is 21.3 Å². The Balaban J connectivity index is 2.25. The molecule has 17 heavy (non-hydrogen) atoms. The Hall–Kier alpha value is -1.92. The molecule has 0 saturated heterocycles. The van der Waals surface area contributed by atoms with Crippen molar-refractivity contribution in [2.24, 2.45) is 0 Å². The van der Waals surface area contributed by atoms with Gasteiger partial charge in [-0.3, -0.25) is 0 Å². The molecule has 1 aromatic heterocycles. The third kappa shape index (κ3) is 2.61. The molecule has 0 aliphatic heterocycles. The number of benzene rings is 1. The number of hydrogen-bond acceptors (Lipinski definition) is 3. The molecular weight excluding hydrogens is 236 g/mol. The second-order valence-electron chi connectivity index (χ2n) is 3.76. The summed E-state index contributed by atoms with van der Waals surface area (Å²) in [7, 11) is 1.93. The topological polar surface area (TPSA) is 40.2 Å². The van der Waals surface area contributed by atoms with Crippen molar-refractivity contribution in [3.05, 3.63) is 52.9 Å². The minimum absolute atomic E-state index is 0.571. The van der Waals surface area contributed by atoms with E-state index in [1.54, 1.807) is 24.7 Å². The molecule has 0 aliphatic carbocycles. The standard InChI is InChI=1S/C13H11ClN2O/c1-16(8-10-4-5-17-9-10)13-3-2-12(14)6-11(13)7-15/h2-6,9H,8H2,1H3. The lowest BCUT2D eigenvalue weighted by atomic mass is 10.1. The minimum Gasteiger partial charge on any atom is -0.472 e. The first kappa shape index (κ1) is 11.6. The molecule has 0 fully saturated rings. The van der Waals surface area contributed by atoms with Crippen LogP contribution in [0.15, 0.2) is 41.2 Å². The minimum atomic E-state index is 0.571. The average Bonchev–Trinajstić information content (AvgIpc) is 2.81. The summed E-state index contributed by atoms with van der Waals surface area (Å²) in [6.45, 7) is 0.687. The van der Waals surface area contributed by atoms with Crippen LogP contribution in [-0.4, -0.2) is 7.05 Å². The first-order chi connectivity index (χ1) is 8.20. The van der Waals surface area contributed by atoms with Crippen molar-refractivity contribution in [3.8, 4) is 6.07 Å². The molecule has 2 aromatic rings. The highest BCUT2D eigenvalue weighted by atomic mass is 35.5. The van der Waals surface area contributed by atoms with Crippen LogP contribution in [-0.2, 0) is 6.54 Å². The fourth-order valence-corrected chi connectivity index (χ4v) is 1.84. The van der Waals surface area contributed by atoms with Gasteiger partial charge in [-0.25, -0.2) is 0 Å². The highest BCUT2D eigenvalue weighted by molar-refractivity contribution is 6.30. The summed E-state index contributed by atoms with van der Waals surface area (Å²) in [5, 5.41) is 9.64. The Kier molecular flexibility index (Phi) is 3.36. The predicted octanol–water partition coefficient (Wildman–Crippen LogP) is 3.44. The molecule has 0 spiro atoms. The van der Waals surface area contributed by atoms with Crippen molar-refractivity contribution in [2.75, 3.05) is 11.9 Å². The number of nitrogens with zero attached hydrogens (tertiary/aromatic N) is 2. The number of nitriles is 1. The van der Waals surface area contributed by atoms with Crippen molar-refractivity contribution < 1.29 is 4.42 Å². The molecule has 2 rings (SSSR count). The first-order valence-electron chi connectivity index (χ1n) is 5.12. The van der Waals surface area contributed by atoms with Crippen LogP contribution in [0.1, 0.15) is 11.1 Å². The van der Waals surface area contributed by atoms with Crippen molar-refractivity contribution >= 4 is 17.3 Å². The molecule has 4 heteroatoms. The third-order valence-electron chi connectivity index (χ3n) is 2.49. The molecule has 0 atom stereocenters. The van der Waals surface area contributed by atoms with Gasteiger partial charge in [0.25, 0.3) is 0 Å². The van der Waals surface area contributed by atoms with Gasteiger partial charge in [-0.1, -0.05) is 11.6 Å². The van der Waals surface area contributed by atoms with E-state index in [1.165, 1.54) is 0 Å². The summed E-state index contributed by atoms with van der Waals surface area (Å²) >= 11 is 5.86. The number of hydrogen-bond donors (Lipinski definition) is 0. The maximum atomic E-state index is 9.06. The molecule has 3 nitrogen and oxygen atoms in total. The Bertz CT molecular complexity index is 543. The molecule has 0 N–H and O–H groups in total. The van der Waals surface area contributed by atoms with E-state index in [2.05, 4.69) is 6.07 Å². The van der Waals surface area contributed by atoms with Crippen LogP contribution in [0.4, 0.5) is 5.69 Å². The highest BCUT2D eigenvalue weighted by Gasteiger charge is 2.08. The zero-order valence-electron chi connectivity index (χ0n) is 9.35. The Morgan fingerprint density at radius 3 is 2.88 bits per heavy atom. The predicted molar refractivity (Wildman–Crippen MR) is 67.0 cm³/mol. The molecule has 86 valence electrons. The average molecular weight is 247 g/mol. The van der Waals surface area contributed by atoms with Gasteiger partial charge in [-0.15, -0.1) is 0 Å². The highest BCUT2D eigenvalue weighted by Crippen LogP contribution is 2.24. The quantitative estimate of drug-likeness (QED) is 0.833. The van der Waals surface area contributed by atoms with Crippen molar-refractivity contribution in [2.45, 2.75) is 6.54 Å². The van der Waals surface area contributed by atoms with Gasteiger partial charge in [0.1, 0.15) is 6.07 Å². The maximum absolute atomic E-state index is 9.06. The molecular formula is C13H11ClN2O. The van der Waals surface area contributed by atoms with Gasteiger partial charge in [0.2, 0.25) is 0 Å². The summed E-state index contributed by atoms with van der Waals surface area (Å²) in [5.74, 6) is 0. The van der Waals surface area contributed by atoms with Crippen LogP contribution in [0.3, 0.4) is 0 Å². The zero-order chi connectivity index (χ0) is 12.3. The largest absolute Gasteiger partial charge is 0.472 e. The summed E-state index contributed by atoms with van der Waals surface area (Å²) in [6, 6.07) is 9.35.